The van der Waals surface area contributed by atoms with Gasteiger partial charge in [-0.3, -0.25) is 9.59 Å². The zero-order valence-corrected chi connectivity index (χ0v) is 19.9. The van der Waals surface area contributed by atoms with Gasteiger partial charge in [0.05, 0.1) is 31.5 Å². The largest absolute Gasteiger partial charge is 0.493 e. The van der Waals surface area contributed by atoms with Gasteiger partial charge in [0.25, 0.3) is 5.91 Å². The highest BCUT2D eigenvalue weighted by Crippen LogP contribution is 2.30. The lowest BCUT2D eigenvalue weighted by Crippen LogP contribution is -2.30. The summed E-state index contributed by atoms with van der Waals surface area (Å²) in [6, 6.07) is 13.0. The Kier molecular flexibility index (Phi) is 7.60. The van der Waals surface area contributed by atoms with Gasteiger partial charge >= 0.3 is 0 Å². The van der Waals surface area contributed by atoms with Gasteiger partial charge < -0.3 is 24.9 Å². The number of rotatable bonds is 10. The van der Waals surface area contributed by atoms with Crippen LogP contribution in [0.4, 0.5) is 4.39 Å². The predicted molar refractivity (Wildman–Crippen MR) is 133 cm³/mol. The summed E-state index contributed by atoms with van der Waals surface area (Å²) in [5.74, 6) is -0.465. The molecule has 0 aliphatic carbocycles. The van der Waals surface area contributed by atoms with Crippen molar-refractivity contribution in [2.24, 2.45) is 0 Å². The molecule has 36 heavy (non-hydrogen) atoms. The fourth-order valence-electron chi connectivity index (χ4n) is 3.84. The Labute approximate surface area is 207 Å². The van der Waals surface area contributed by atoms with E-state index >= 15 is 0 Å². The molecule has 186 valence electrons. The number of nitrogens with zero attached hydrogens (tertiary/aromatic N) is 1. The Morgan fingerprint density at radius 2 is 1.97 bits per heavy atom. The number of aliphatic hydroxyl groups is 1. The lowest BCUT2D eigenvalue weighted by atomic mass is 10.0. The van der Waals surface area contributed by atoms with Gasteiger partial charge in [-0.25, -0.2) is 9.37 Å². The molecule has 3 N–H and O–H groups in total. The molecule has 0 atom stereocenters. The number of hydrogen-bond donors (Lipinski definition) is 3. The number of Topliss-reactive ketones (excluding diaryl/α,β-unsaturated/α-hetero) is 1. The van der Waals surface area contributed by atoms with Gasteiger partial charge in [-0.15, -0.1) is 0 Å². The number of ether oxygens (including phenoxy) is 2. The molecule has 0 saturated carbocycles. The molecular weight excluding hydrogens is 465 g/mol. The molecule has 0 saturated heterocycles. The third kappa shape index (κ3) is 5.21. The lowest BCUT2D eigenvalue weighted by molar-refractivity contribution is 0.0902. The summed E-state index contributed by atoms with van der Waals surface area (Å²) in [6.07, 6.45) is 2.34. The highest BCUT2D eigenvalue weighted by molar-refractivity contribution is 6.02. The fourth-order valence-corrected chi connectivity index (χ4v) is 3.84. The minimum atomic E-state index is -0.464. The molecule has 0 bridgehead atoms. The molecule has 9 heteroatoms. The molecule has 0 aliphatic rings. The first-order valence-corrected chi connectivity index (χ1v) is 11.4. The number of methoxy groups -OCH3 is 1. The lowest BCUT2D eigenvalue weighted by Gasteiger charge is -2.12. The van der Waals surface area contributed by atoms with Gasteiger partial charge in [-0.05, 0) is 48.4 Å². The molecule has 1 amide bonds. The number of nitrogens with one attached hydrogen (secondary N) is 2. The molecule has 0 radical (unpaired) electrons. The Balaban J connectivity index is 1.53. The maximum absolute atomic E-state index is 14.1. The molecule has 2 heterocycles. The molecule has 2 aromatic heterocycles. The van der Waals surface area contributed by atoms with Crippen molar-refractivity contribution in [3.63, 3.8) is 0 Å². The summed E-state index contributed by atoms with van der Waals surface area (Å²) < 4.78 is 24.8. The van der Waals surface area contributed by atoms with Crippen molar-refractivity contribution in [1.82, 2.24) is 15.3 Å². The van der Waals surface area contributed by atoms with Crippen molar-refractivity contribution < 1.29 is 28.6 Å². The topological polar surface area (TPSA) is 114 Å². The zero-order valence-electron chi connectivity index (χ0n) is 19.9. The van der Waals surface area contributed by atoms with Crippen LogP contribution < -0.4 is 14.8 Å². The molecule has 0 fully saturated rings. The number of benzene rings is 2. The van der Waals surface area contributed by atoms with E-state index in [0.717, 1.165) is 5.56 Å². The second kappa shape index (κ2) is 11.0. The van der Waals surface area contributed by atoms with Gasteiger partial charge in [-0.1, -0.05) is 19.1 Å². The van der Waals surface area contributed by atoms with Crippen molar-refractivity contribution in [2.45, 2.75) is 13.3 Å². The minimum absolute atomic E-state index is 0.0930. The van der Waals surface area contributed by atoms with Crippen LogP contribution in [0.15, 0.2) is 54.7 Å². The number of pyridine rings is 1. The summed E-state index contributed by atoms with van der Waals surface area (Å²) in [4.78, 5) is 33.1. The van der Waals surface area contributed by atoms with E-state index in [1.54, 1.807) is 36.5 Å². The number of aliphatic hydroxyl groups excluding tert-OH is 1. The molecule has 8 nitrogen and oxygen atoms in total. The Bertz CT molecular complexity index is 1420. The molecule has 0 aliphatic heterocycles. The number of fused-ring (bicyclic) bond motifs is 1. The van der Waals surface area contributed by atoms with Gasteiger partial charge in [0.2, 0.25) is 0 Å². The normalized spacial score (nSPS) is 10.9. The second-order valence-electron chi connectivity index (χ2n) is 8.01. The van der Waals surface area contributed by atoms with Crippen LogP contribution in [0.1, 0.15) is 33.3 Å². The summed E-state index contributed by atoms with van der Waals surface area (Å²) in [6.45, 7) is 1.65. The standard InChI is InChI=1S/C27H26FN3O5/c1-3-16-11-21(19-14-29-26-18(19)5-4-6-20(26)28)31-22(12-16)23(33)15-30-27(34)17-7-8-24(36-10-9-32)25(13-17)35-2/h4-8,11-14,29,32H,3,9-10,15H2,1-2H3,(H,30,34). The zero-order chi connectivity index (χ0) is 25.7. The number of aromatic amines is 1. The maximum Gasteiger partial charge on any atom is 0.251 e. The van der Waals surface area contributed by atoms with E-state index in [9.17, 15) is 14.0 Å². The van der Waals surface area contributed by atoms with Crippen LogP contribution >= 0.6 is 0 Å². The molecule has 4 aromatic rings. The van der Waals surface area contributed by atoms with E-state index in [1.807, 2.05) is 13.0 Å². The van der Waals surface area contributed by atoms with Gasteiger partial charge in [-0.2, -0.15) is 0 Å². The van der Waals surface area contributed by atoms with Gasteiger partial charge in [0.15, 0.2) is 17.3 Å². The monoisotopic (exact) mass is 491 g/mol. The van der Waals surface area contributed by atoms with Gasteiger partial charge in [0.1, 0.15) is 18.1 Å². The average molecular weight is 492 g/mol. The van der Waals surface area contributed by atoms with E-state index in [1.165, 1.54) is 19.2 Å². The summed E-state index contributed by atoms with van der Waals surface area (Å²) in [5.41, 5.74) is 2.99. The number of aromatic nitrogens is 2. The van der Waals surface area contributed by atoms with E-state index < -0.39 is 5.91 Å². The third-order valence-electron chi connectivity index (χ3n) is 5.70. The number of ketones is 1. The van der Waals surface area contributed by atoms with Crippen molar-refractivity contribution in [3.05, 3.63) is 77.4 Å². The van der Waals surface area contributed by atoms with E-state index in [4.69, 9.17) is 14.6 Å². The number of H-pyrrole nitrogens is 1. The number of carbonyl (C=O) groups is 2. The first-order chi connectivity index (χ1) is 17.4. The number of para-hydroxylation sites is 1. The number of halogens is 1. The predicted octanol–water partition coefficient (Wildman–Crippen LogP) is 3.92. The highest BCUT2D eigenvalue weighted by atomic mass is 19.1. The van der Waals surface area contributed by atoms with Crippen molar-refractivity contribution in [3.8, 4) is 22.8 Å². The van der Waals surface area contributed by atoms with Crippen LogP contribution in [0.2, 0.25) is 0 Å². The van der Waals surface area contributed by atoms with Crippen molar-refractivity contribution in [1.29, 1.82) is 0 Å². The quantitative estimate of drug-likeness (QED) is 0.290. The number of hydrogen-bond acceptors (Lipinski definition) is 6. The fraction of sp³-hybridized carbons (Fsp3) is 0.222. The third-order valence-corrected chi connectivity index (χ3v) is 5.70. The summed E-state index contributed by atoms with van der Waals surface area (Å²) in [7, 11) is 1.44. The molecule has 4 rings (SSSR count). The molecule has 2 aromatic carbocycles. The van der Waals surface area contributed by atoms with E-state index in [-0.39, 0.29) is 42.6 Å². The van der Waals surface area contributed by atoms with Gasteiger partial charge in [0, 0.05) is 22.7 Å². The number of aryl methyl sites for hydroxylation is 1. The van der Waals surface area contributed by atoms with Crippen LogP contribution in [0, 0.1) is 5.82 Å². The van der Waals surface area contributed by atoms with Crippen LogP contribution in [0.3, 0.4) is 0 Å². The maximum atomic E-state index is 14.1. The molecule has 0 spiro atoms. The SMILES string of the molecule is CCc1cc(C(=O)CNC(=O)c2ccc(OCCO)c(OC)c2)nc(-c2c[nH]c3c(F)cccc23)c1. The molecule has 0 unspecified atom stereocenters. The van der Waals surface area contributed by atoms with Crippen LogP contribution in [0.5, 0.6) is 11.5 Å². The van der Waals surface area contributed by atoms with Crippen molar-refractivity contribution in [2.75, 3.05) is 26.9 Å². The van der Waals surface area contributed by atoms with E-state index in [2.05, 4.69) is 15.3 Å². The Morgan fingerprint density at radius 1 is 1.14 bits per heavy atom. The Hall–Kier alpha value is -4.24. The Morgan fingerprint density at radius 3 is 2.72 bits per heavy atom. The van der Waals surface area contributed by atoms with Crippen LogP contribution in [-0.2, 0) is 6.42 Å². The van der Waals surface area contributed by atoms with Crippen LogP contribution in [-0.4, -0.2) is 53.6 Å². The minimum Gasteiger partial charge on any atom is -0.493 e. The average Bonchev–Trinajstić information content (AvgIpc) is 3.35. The van der Waals surface area contributed by atoms with E-state index in [0.29, 0.717) is 40.1 Å². The number of carbonyl (C=O) groups excluding carboxylic acids is 2. The van der Waals surface area contributed by atoms with Crippen molar-refractivity contribution >= 4 is 22.6 Å². The first-order valence-electron chi connectivity index (χ1n) is 11.4. The smallest absolute Gasteiger partial charge is 0.251 e. The second-order valence-corrected chi connectivity index (χ2v) is 8.01. The first kappa shape index (κ1) is 24.9. The summed E-state index contributed by atoms with van der Waals surface area (Å²) in [5, 5.41) is 12.2. The van der Waals surface area contributed by atoms with Crippen LogP contribution in [0.25, 0.3) is 22.2 Å². The summed E-state index contributed by atoms with van der Waals surface area (Å²) >= 11 is 0. The molecular formula is C27H26FN3O5. The number of amides is 1. The highest BCUT2D eigenvalue weighted by Gasteiger charge is 2.17.